The summed E-state index contributed by atoms with van der Waals surface area (Å²) < 4.78 is 5.38. The van der Waals surface area contributed by atoms with E-state index < -0.39 is 0 Å². The normalized spacial score (nSPS) is 9.91. The summed E-state index contributed by atoms with van der Waals surface area (Å²) in [5, 5.41) is 0. The molecule has 0 aliphatic rings. The van der Waals surface area contributed by atoms with E-state index >= 15 is 0 Å². The summed E-state index contributed by atoms with van der Waals surface area (Å²) >= 11 is 0. The molecule has 0 N–H and O–H groups in total. The van der Waals surface area contributed by atoms with E-state index in [1.807, 2.05) is 72.7 Å². The fourth-order valence-corrected chi connectivity index (χ4v) is 2.90. The third-order valence-electron chi connectivity index (χ3n) is 4.20. The average Bonchev–Trinajstić information content (AvgIpc) is 2.52. The molecule has 0 fully saturated rings. The summed E-state index contributed by atoms with van der Waals surface area (Å²) in [6.07, 6.45) is 0. The van der Waals surface area contributed by atoms with Crippen LogP contribution in [0.2, 0.25) is 0 Å². The topological polar surface area (TPSA) is 26.3 Å². The molecule has 2 aromatic rings. The van der Waals surface area contributed by atoms with Crippen LogP contribution in [-0.2, 0) is 0 Å². The number of aryl methyl sites for hydroxylation is 3. The van der Waals surface area contributed by atoms with Crippen LogP contribution in [0.15, 0.2) is 24.3 Å². The molecule has 2 nitrogen and oxygen atoms in total. The van der Waals surface area contributed by atoms with Crippen molar-refractivity contribution in [1.29, 1.82) is 0 Å². The monoisotopic (exact) mass is 312 g/mol. The minimum absolute atomic E-state index is 0.103. The Bertz CT molecular complexity index is 692. The van der Waals surface area contributed by atoms with Crippen LogP contribution in [0.3, 0.4) is 0 Å². The summed E-state index contributed by atoms with van der Waals surface area (Å²) in [4.78, 5) is 13.0. The van der Waals surface area contributed by atoms with Gasteiger partial charge in [-0.15, -0.1) is 0 Å². The lowest BCUT2D eigenvalue weighted by Crippen LogP contribution is -2.11. The predicted molar refractivity (Wildman–Crippen MR) is 97.9 cm³/mol. The average molecular weight is 312 g/mol. The van der Waals surface area contributed by atoms with Crippen LogP contribution < -0.4 is 4.74 Å². The van der Waals surface area contributed by atoms with Crippen molar-refractivity contribution in [1.82, 2.24) is 0 Å². The highest BCUT2D eigenvalue weighted by Crippen LogP contribution is 2.30. The number of rotatable bonds is 3. The molecule has 23 heavy (non-hydrogen) atoms. The summed E-state index contributed by atoms with van der Waals surface area (Å²) in [6.45, 7) is 13.9. The Morgan fingerprint density at radius 1 is 0.826 bits per heavy atom. The fourth-order valence-electron chi connectivity index (χ4n) is 2.90. The predicted octanol–water partition coefficient (Wildman–Crippen LogP) is 5.49. The maximum absolute atomic E-state index is 13.0. The summed E-state index contributed by atoms with van der Waals surface area (Å²) in [7, 11) is 1.66. The van der Waals surface area contributed by atoms with E-state index in [2.05, 4.69) is 0 Å². The van der Waals surface area contributed by atoms with E-state index in [4.69, 9.17) is 4.74 Å². The number of benzene rings is 2. The molecule has 2 heteroatoms. The number of hydrogen-bond acceptors (Lipinski definition) is 2. The molecule has 2 rings (SSSR count). The second kappa shape index (κ2) is 7.96. The summed E-state index contributed by atoms with van der Waals surface area (Å²) in [5.41, 5.74) is 6.64. The molecule has 0 aromatic heterocycles. The van der Waals surface area contributed by atoms with Gasteiger partial charge < -0.3 is 4.74 Å². The zero-order valence-corrected chi connectivity index (χ0v) is 15.6. The van der Waals surface area contributed by atoms with Crippen LogP contribution in [-0.4, -0.2) is 12.9 Å². The molecule has 124 valence electrons. The van der Waals surface area contributed by atoms with E-state index in [9.17, 15) is 4.79 Å². The lowest BCUT2D eigenvalue weighted by Gasteiger charge is -2.17. The van der Waals surface area contributed by atoms with Crippen LogP contribution >= 0.6 is 0 Å². The van der Waals surface area contributed by atoms with Crippen molar-refractivity contribution in [2.75, 3.05) is 7.11 Å². The molecule has 0 bridgehead atoms. The first-order valence-corrected chi connectivity index (χ1v) is 8.14. The van der Waals surface area contributed by atoms with Crippen LogP contribution in [0.5, 0.6) is 5.75 Å². The lowest BCUT2D eigenvalue weighted by molar-refractivity contribution is 0.103. The molecule has 0 aliphatic carbocycles. The molecular weight excluding hydrogens is 284 g/mol. The van der Waals surface area contributed by atoms with Gasteiger partial charge in [-0.1, -0.05) is 32.0 Å². The first-order valence-electron chi connectivity index (χ1n) is 8.14. The smallest absolute Gasteiger partial charge is 0.194 e. The van der Waals surface area contributed by atoms with Crippen LogP contribution in [0, 0.1) is 34.6 Å². The first kappa shape index (κ1) is 19.0. The molecule has 0 aliphatic heterocycles. The Balaban J connectivity index is 0.00000127. The number of carbonyl (C=O) groups excluding carboxylic acids is 1. The van der Waals surface area contributed by atoms with Gasteiger partial charge in [0, 0.05) is 11.1 Å². The Hall–Kier alpha value is -2.09. The summed E-state index contributed by atoms with van der Waals surface area (Å²) in [6, 6.07) is 7.91. The Morgan fingerprint density at radius 2 is 1.35 bits per heavy atom. The van der Waals surface area contributed by atoms with Gasteiger partial charge >= 0.3 is 0 Å². The largest absolute Gasteiger partial charge is 0.496 e. The Labute approximate surface area is 140 Å². The van der Waals surface area contributed by atoms with Crippen molar-refractivity contribution < 1.29 is 9.53 Å². The van der Waals surface area contributed by atoms with Crippen molar-refractivity contribution in [3.63, 3.8) is 0 Å². The standard InChI is InChI=1S/C19H22O2.C2H6/c1-11-8-7-9-12(2)17(11)19(20)18-13(3)10-16(21-6)14(4)15(18)5;1-2/h7-10H,1-6H3;1-2H3. The van der Waals surface area contributed by atoms with Crippen LogP contribution in [0.4, 0.5) is 0 Å². The first-order chi connectivity index (χ1) is 10.9. The second-order valence-corrected chi connectivity index (χ2v) is 5.62. The number of methoxy groups -OCH3 is 1. The van der Waals surface area contributed by atoms with E-state index in [0.29, 0.717) is 0 Å². The van der Waals surface area contributed by atoms with Crippen molar-refractivity contribution in [2.45, 2.75) is 48.5 Å². The fraction of sp³-hybridized carbons (Fsp3) is 0.381. The van der Waals surface area contributed by atoms with Crippen molar-refractivity contribution in [2.24, 2.45) is 0 Å². The quantitative estimate of drug-likeness (QED) is 0.700. The Kier molecular flexibility index (Phi) is 6.56. The Morgan fingerprint density at radius 3 is 1.83 bits per heavy atom. The highest BCUT2D eigenvalue weighted by molar-refractivity contribution is 6.12. The molecule has 0 saturated heterocycles. The van der Waals surface area contributed by atoms with E-state index in [1.165, 1.54) is 0 Å². The van der Waals surface area contributed by atoms with E-state index in [1.54, 1.807) is 7.11 Å². The zero-order chi connectivity index (χ0) is 17.7. The van der Waals surface area contributed by atoms with Gasteiger partial charge in [-0.3, -0.25) is 4.79 Å². The number of ether oxygens (including phenoxy) is 1. The van der Waals surface area contributed by atoms with Gasteiger partial charge in [0.15, 0.2) is 5.78 Å². The van der Waals surface area contributed by atoms with E-state index in [0.717, 1.165) is 44.7 Å². The van der Waals surface area contributed by atoms with Crippen LogP contribution in [0.1, 0.15) is 57.6 Å². The third-order valence-corrected chi connectivity index (χ3v) is 4.20. The maximum Gasteiger partial charge on any atom is 0.194 e. The SMILES string of the molecule is CC.COc1cc(C)c(C(=O)c2c(C)cccc2C)c(C)c1C. The molecular formula is C21H28O2. The highest BCUT2D eigenvalue weighted by Gasteiger charge is 2.20. The molecule has 0 amide bonds. The van der Waals surface area contributed by atoms with Gasteiger partial charge in [0.05, 0.1) is 7.11 Å². The van der Waals surface area contributed by atoms with Gasteiger partial charge in [-0.2, -0.15) is 0 Å². The molecule has 0 saturated carbocycles. The van der Waals surface area contributed by atoms with Crippen LogP contribution in [0.25, 0.3) is 0 Å². The molecule has 2 aromatic carbocycles. The van der Waals surface area contributed by atoms with Gasteiger partial charge in [0.1, 0.15) is 5.75 Å². The minimum Gasteiger partial charge on any atom is -0.496 e. The minimum atomic E-state index is 0.103. The summed E-state index contributed by atoms with van der Waals surface area (Å²) in [5.74, 6) is 0.939. The number of hydrogen-bond donors (Lipinski definition) is 0. The number of carbonyl (C=O) groups is 1. The molecule has 0 spiro atoms. The lowest BCUT2D eigenvalue weighted by atomic mass is 9.88. The molecule has 0 unspecified atom stereocenters. The van der Waals surface area contributed by atoms with Crippen molar-refractivity contribution in [3.05, 3.63) is 63.2 Å². The second-order valence-electron chi connectivity index (χ2n) is 5.62. The molecule has 0 radical (unpaired) electrons. The molecule has 0 atom stereocenters. The third kappa shape index (κ3) is 3.64. The molecule has 0 heterocycles. The zero-order valence-electron chi connectivity index (χ0n) is 15.6. The maximum atomic E-state index is 13.0. The van der Waals surface area contributed by atoms with Gasteiger partial charge in [-0.05, 0) is 68.5 Å². The van der Waals surface area contributed by atoms with Crippen molar-refractivity contribution >= 4 is 5.78 Å². The van der Waals surface area contributed by atoms with Gasteiger partial charge in [0.25, 0.3) is 0 Å². The number of ketones is 1. The van der Waals surface area contributed by atoms with E-state index in [-0.39, 0.29) is 5.78 Å². The van der Waals surface area contributed by atoms with Gasteiger partial charge in [0.2, 0.25) is 0 Å². The van der Waals surface area contributed by atoms with Crippen molar-refractivity contribution in [3.8, 4) is 5.75 Å². The highest BCUT2D eigenvalue weighted by atomic mass is 16.5. The van der Waals surface area contributed by atoms with Gasteiger partial charge in [-0.25, -0.2) is 0 Å².